The molecule has 2 N–H and O–H groups in total. The molecule has 2 aromatic rings. The summed E-state index contributed by atoms with van der Waals surface area (Å²) in [6, 6.07) is 1.74. The molecule has 1 atom stereocenters. The SMILES string of the molecule is CC1(C)Cc2nc(-c3ncc(Cl)cc3Cl)sc2C(N)C1. The van der Waals surface area contributed by atoms with E-state index in [2.05, 4.69) is 18.8 Å². The van der Waals surface area contributed by atoms with E-state index in [1.165, 1.54) is 0 Å². The normalized spacial score (nSPS) is 20.8. The summed E-state index contributed by atoms with van der Waals surface area (Å²) in [4.78, 5) is 10.2. The standard InChI is InChI=1S/C14H15Cl2N3S/c1-14(2)4-9(17)12-10(5-14)19-13(20-12)11-8(16)3-7(15)6-18-11/h3,6,9H,4-5,17H2,1-2H3. The molecule has 0 radical (unpaired) electrons. The second kappa shape index (κ2) is 4.95. The molecule has 20 heavy (non-hydrogen) atoms. The lowest BCUT2D eigenvalue weighted by Crippen LogP contribution is -2.28. The zero-order valence-electron chi connectivity index (χ0n) is 11.3. The molecule has 0 bridgehead atoms. The van der Waals surface area contributed by atoms with Crippen molar-refractivity contribution in [2.75, 3.05) is 0 Å². The highest BCUT2D eigenvalue weighted by molar-refractivity contribution is 7.15. The van der Waals surface area contributed by atoms with E-state index in [0.717, 1.165) is 28.4 Å². The average Bonchev–Trinajstić information content (AvgIpc) is 2.70. The summed E-state index contributed by atoms with van der Waals surface area (Å²) in [6.07, 6.45) is 3.51. The van der Waals surface area contributed by atoms with Crippen LogP contribution in [-0.2, 0) is 6.42 Å². The van der Waals surface area contributed by atoms with Crippen LogP contribution >= 0.6 is 34.5 Å². The van der Waals surface area contributed by atoms with Crippen LogP contribution < -0.4 is 5.73 Å². The van der Waals surface area contributed by atoms with Crippen LogP contribution in [0.3, 0.4) is 0 Å². The number of aromatic nitrogens is 2. The monoisotopic (exact) mass is 327 g/mol. The van der Waals surface area contributed by atoms with Crippen LogP contribution in [0.5, 0.6) is 0 Å². The molecule has 0 saturated heterocycles. The van der Waals surface area contributed by atoms with Crippen molar-refractivity contribution in [3.8, 4) is 10.7 Å². The maximum atomic E-state index is 6.27. The van der Waals surface area contributed by atoms with Gasteiger partial charge in [-0.1, -0.05) is 37.0 Å². The first-order valence-corrected chi connectivity index (χ1v) is 7.99. The fourth-order valence-electron chi connectivity index (χ4n) is 2.67. The van der Waals surface area contributed by atoms with Gasteiger partial charge in [-0.05, 0) is 24.3 Å². The van der Waals surface area contributed by atoms with E-state index < -0.39 is 0 Å². The molecule has 2 aromatic heterocycles. The Morgan fingerprint density at radius 2 is 2.15 bits per heavy atom. The number of nitrogens with zero attached hydrogens (tertiary/aromatic N) is 2. The fraction of sp³-hybridized carbons (Fsp3) is 0.429. The van der Waals surface area contributed by atoms with Gasteiger partial charge in [-0.25, -0.2) is 4.98 Å². The van der Waals surface area contributed by atoms with E-state index in [1.54, 1.807) is 23.6 Å². The van der Waals surface area contributed by atoms with Gasteiger partial charge in [0.15, 0.2) is 0 Å². The predicted octanol–water partition coefficient (Wildman–Crippen LogP) is 4.48. The molecule has 0 spiro atoms. The minimum atomic E-state index is 0.0473. The highest BCUT2D eigenvalue weighted by Crippen LogP contribution is 2.44. The lowest BCUT2D eigenvalue weighted by molar-refractivity contribution is 0.282. The van der Waals surface area contributed by atoms with E-state index >= 15 is 0 Å². The summed E-state index contributed by atoms with van der Waals surface area (Å²) in [6.45, 7) is 4.45. The minimum Gasteiger partial charge on any atom is -0.323 e. The first-order valence-electron chi connectivity index (χ1n) is 6.42. The Morgan fingerprint density at radius 1 is 1.40 bits per heavy atom. The maximum absolute atomic E-state index is 6.27. The van der Waals surface area contributed by atoms with Gasteiger partial charge in [0.2, 0.25) is 0 Å². The van der Waals surface area contributed by atoms with Gasteiger partial charge in [0, 0.05) is 17.1 Å². The number of halogens is 2. The number of pyridine rings is 1. The molecule has 0 fully saturated rings. The van der Waals surface area contributed by atoms with Gasteiger partial charge in [0.25, 0.3) is 0 Å². The van der Waals surface area contributed by atoms with Crippen LogP contribution in [0.2, 0.25) is 10.0 Å². The summed E-state index contributed by atoms with van der Waals surface area (Å²) < 4.78 is 0. The predicted molar refractivity (Wildman–Crippen MR) is 84.4 cm³/mol. The molecule has 3 rings (SSSR count). The van der Waals surface area contributed by atoms with E-state index in [0.29, 0.717) is 15.7 Å². The zero-order chi connectivity index (χ0) is 14.5. The second-order valence-electron chi connectivity index (χ2n) is 5.97. The van der Waals surface area contributed by atoms with Crippen LogP contribution in [-0.4, -0.2) is 9.97 Å². The Morgan fingerprint density at radius 3 is 2.85 bits per heavy atom. The van der Waals surface area contributed by atoms with Crippen molar-refractivity contribution in [2.45, 2.75) is 32.7 Å². The third kappa shape index (κ3) is 2.58. The maximum Gasteiger partial charge on any atom is 0.143 e. The first kappa shape index (κ1) is 14.3. The number of rotatable bonds is 1. The van der Waals surface area contributed by atoms with Gasteiger partial charge >= 0.3 is 0 Å². The van der Waals surface area contributed by atoms with Crippen molar-refractivity contribution in [2.24, 2.45) is 11.1 Å². The van der Waals surface area contributed by atoms with E-state index in [1.807, 2.05) is 0 Å². The topological polar surface area (TPSA) is 51.8 Å². The Bertz CT molecular complexity index is 666. The molecule has 3 nitrogen and oxygen atoms in total. The van der Waals surface area contributed by atoms with Crippen molar-refractivity contribution in [3.05, 3.63) is 32.9 Å². The highest BCUT2D eigenvalue weighted by atomic mass is 35.5. The number of hydrogen-bond acceptors (Lipinski definition) is 4. The van der Waals surface area contributed by atoms with E-state index in [4.69, 9.17) is 33.9 Å². The molecule has 1 aliphatic carbocycles. The van der Waals surface area contributed by atoms with Crippen LogP contribution in [0.4, 0.5) is 0 Å². The van der Waals surface area contributed by atoms with Gasteiger partial charge in [-0.2, -0.15) is 0 Å². The van der Waals surface area contributed by atoms with Crippen molar-refractivity contribution >= 4 is 34.5 Å². The van der Waals surface area contributed by atoms with E-state index in [9.17, 15) is 0 Å². The average molecular weight is 328 g/mol. The molecular weight excluding hydrogens is 313 g/mol. The van der Waals surface area contributed by atoms with Crippen LogP contribution in [0.25, 0.3) is 10.7 Å². The third-order valence-corrected chi connectivity index (χ3v) is 5.22. The Labute approximate surface area is 132 Å². The molecule has 0 amide bonds. The minimum absolute atomic E-state index is 0.0473. The summed E-state index contributed by atoms with van der Waals surface area (Å²) in [5, 5.41) is 1.87. The van der Waals surface area contributed by atoms with E-state index in [-0.39, 0.29) is 11.5 Å². The molecule has 106 valence electrons. The molecule has 2 heterocycles. The Kier molecular flexibility index (Phi) is 3.53. The van der Waals surface area contributed by atoms with Crippen LogP contribution in [0.15, 0.2) is 12.3 Å². The fourth-order valence-corrected chi connectivity index (χ4v) is 4.29. The first-order chi connectivity index (χ1) is 9.35. The molecule has 1 aliphatic rings. The van der Waals surface area contributed by atoms with Crippen molar-refractivity contribution in [3.63, 3.8) is 0 Å². The largest absolute Gasteiger partial charge is 0.323 e. The van der Waals surface area contributed by atoms with Crippen molar-refractivity contribution in [1.29, 1.82) is 0 Å². The number of nitrogens with two attached hydrogens (primary N) is 1. The number of fused-ring (bicyclic) bond motifs is 1. The van der Waals surface area contributed by atoms with Crippen molar-refractivity contribution in [1.82, 2.24) is 9.97 Å². The van der Waals surface area contributed by atoms with Gasteiger partial charge in [0.05, 0.1) is 15.7 Å². The lowest BCUT2D eigenvalue weighted by Gasteiger charge is -2.32. The molecular formula is C14H15Cl2N3S. The number of thiazole rings is 1. The molecule has 1 unspecified atom stereocenters. The van der Waals surface area contributed by atoms with Gasteiger partial charge in [0.1, 0.15) is 10.7 Å². The highest BCUT2D eigenvalue weighted by Gasteiger charge is 2.33. The number of hydrogen-bond donors (Lipinski definition) is 1. The molecule has 6 heteroatoms. The second-order valence-corrected chi connectivity index (χ2v) is 7.84. The van der Waals surface area contributed by atoms with Crippen LogP contribution in [0.1, 0.15) is 36.9 Å². The smallest absolute Gasteiger partial charge is 0.143 e. The molecule has 0 aliphatic heterocycles. The molecule has 0 saturated carbocycles. The summed E-state index contributed by atoms with van der Waals surface area (Å²) in [5.41, 5.74) is 8.23. The summed E-state index contributed by atoms with van der Waals surface area (Å²) >= 11 is 13.7. The van der Waals surface area contributed by atoms with Crippen LogP contribution in [0, 0.1) is 5.41 Å². The Balaban J connectivity index is 2.06. The summed E-state index contributed by atoms with van der Waals surface area (Å²) in [5.74, 6) is 0. The summed E-state index contributed by atoms with van der Waals surface area (Å²) in [7, 11) is 0. The van der Waals surface area contributed by atoms with Gasteiger partial charge in [-0.3, -0.25) is 4.98 Å². The Hall–Kier alpha value is -0.680. The quantitative estimate of drug-likeness (QED) is 0.839. The van der Waals surface area contributed by atoms with Gasteiger partial charge in [-0.15, -0.1) is 11.3 Å². The molecule has 0 aromatic carbocycles. The lowest BCUT2D eigenvalue weighted by atomic mass is 9.77. The zero-order valence-corrected chi connectivity index (χ0v) is 13.6. The third-order valence-electron chi connectivity index (χ3n) is 3.49. The van der Waals surface area contributed by atoms with Gasteiger partial charge < -0.3 is 5.73 Å². The van der Waals surface area contributed by atoms with Crippen molar-refractivity contribution < 1.29 is 0 Å².